The SMILES string of the molecule is NC1=C(/C=C(\N)c2ccc(C(=O)N3CCCC3)cc2)N(Cc2cc(Cl)ccc2Cl)CCN1. The highest BCUT2D eigenvalue weighted by Crippen LogP contribution is 2.26. The van der Waals surface area contributed by atoms with Crippen LogP contribution in [0.25, 0.3) is 5.70 Å². The van der Waals surface area contributed by atoms with E-state index in [-0.39, 0.29) is 5.91 Å². The lowest BCUT2D eigenvalue weighted by Crippen LogP contribution is -2.41. The highest BCUT2D eigenvalue weighted by atomic mass is 35.5. The number of nitrogens with two attached hydrogens (primary N) is 2. The molecule has 1 saturated heterocycles. The maximum atomic E-state index is 12.6. The number of rotatable bonds is 5. The van der Waals surface area contributed by atoms with Crippen molar-refractivity contribution in [2.24, 2.45) is 11.5 Å². The molecule has 4 rings (SSSR count). The molecule has 5 N–H and O–H groups in total. The van der Waals surface area contributed by atoms with Gasteiger partial charge in [-0.3, -0.25) is 4.79 Å². The van der Waals surface area contributed by atoms with Crippen LogP contribution >= 0.6 is 23.2 Å². The number of hydrogen-bond donors (Lipinski definition) is 3. The summed E-state index contributed by atoms with van der Waals surface area (Å²) < 4.78 is 0. The van der Waals surface area contributed by atoms with Crippen LogP contribution in [0.5, 0.6) is 0 Å². The average molecular weight is 472 g/mol. The fraction of sp³-hybridized carbons (Fsp3) is 0.292. The molecule has 2 aliphatic heterocycles. The van der Waals surface area contributed by atoms with Gasteiger partial charge in [-0.1, -0.05) is 35.3 Å². The van der Waals surface area contributed by atoms with E-state index in [1.165, 1.54) is 0 Å². The van der Waals surface area contributed by atoms with Gasteiger partial charge in [0.05, 0.1) is 5.70 Å². The zero-order valence-electron chi connectivity index (χ0n) is 17.8. The van der Waals surface area contributed by atoms with Gasteiger partial charge >= 0.3 is 0 Å². The molecule has 0 unspecified atom stereocenters. The standard InChI is InChI=1S/C24H27Cl2N5O/c25-19-7-8-20(26)18(13-19)15-31-12-9-29-23(28)22(31)14-21(27)16-3-5-17(6-4-16)24(32)30-10-1-2-11-30/h3-8,13-14,29H,1-2,9-12,15,27-28H2/b21-14-. The van der Waals surface area contributed by atoms with E-state index in [1.807, 2.05) is 41.3 Å². The van der Waals surface area contributed by atoms with Crippen LogP contribution in [0, 0.1) is 0 Å². The molecule has 8 heteroatoms. The lowest BCUT2D eigenvalue weighted by atomic mass is 10.1. The van der Waals surface area contributed by atoms with Gasteiger partial charge in [-0.2, -0.15) is 0 Å². The van der Waals surface area contributed by atoms with Crippen LogP contribution in [0.15, 0.2) is 60.1 Å². The highest BCUT2D eigenvalue weighted by molar-refractivity contribution is 6.33. The number of allylic oxidation sites excluding steroid dienone is 1. The Hall–Kier alpha value is -2.83. The molecule has 0 aliphatic carbocycles. The quantitative estimate of drug-likeness (QED) is 0.617. The first-order chi connectivity index (χ1) is 15.4. The van der Waals surface area contributed by atoms with Crippen LogP contribution in [0.2, 0.25) is 10.0 Å². The molecule has 0 atom stereocenters. The molecule has 2 aromatic carbocycles. The summed E-state index contributed by atoms with van der Waals surface area (Å²) in [6.07, 6.45) is 4.00. The Bertz CT molecular complexity index is 1060. The third-order valence-corrected chi connectivity index (χ3v) is 6.44. The number of halogens is 2. The molecule has 2 aliphatic rings. The van der Waals surface area contributed by atoms with Gasteiger partial charge in [-0.25, -0.2) is 0 Å². The molecule has 6 nitrogen and oxygen atoms in total. The summed E-state index contributed by atoms with van der Waals surface area (Å²) in [5.41, 5.74) is 16.5. The maximum absolute atomic E-state index is 12.6. The van der Waals surface area contributed by atoms with E-state index < -0.39 is 0 Å². The molecule has 2 heterocycles. The Morgan fingerprint density at radius 2 is 1.72 bits per heavy atom. The molecule has 168 valence electrons. The predicted octanol–water partition coefficient (Wildman–Crippen LogP) is 3.76. The minimum Gasteiger partial charge on any atom is -0.398 e. The molecule has 1 amide bonds. The minimum absolute atomic E-state index is 0.0737. The summed E-state index contributed by atoms with van der Waals surface area (Å²) in [5, 5.41) is 4.48. The molecular formula is C24H27Cl2N5O. The molecule has 0 saturated carbocycles. The van der Waals surface area contributed by atoms with Crippen molar-refractivity contribution in [3.63, 3.8) is 0 Å². The number of carbonyl (C=O) groups is 1. The van der Waals surface area contributed by atoms with Crippen molar-refractivity contribution in [3.05, 3.63) is 86.8 Å². The van der Waals surface area contributed by atoms with Crippen molar-refractivity contribution in [2.75, 3.05) is 26.2 Å². The molecule has 1 fully saturated rings. The van der Waals surface area contributed by atoms with Crippen molar-refractivity contribution in [2.45, 2.75) is 19.4 Å². The Morgan fingerprint density at radius 3 is 2.44 bits per heavy atom. The van der Waals surface area contributed by atoms with Crippen LogP contribution in [0.4, 0.5) is 0 Å². The Morgan fingerprint density at radius 1 is 1.03 bits per heavy atom. The average Bonchev–Trinajstić information content (AvgIpc) is 3.33. The molecule has 0 bridgehead atoms. The number of carbonyl (C=O) groups excluding carboxylic acids is 1. The summed E-state index contributed by atoms with van der Waals surface area (Å²) >= 11 is 12.5. The van der Waals surface area contributed by atoms with Gasteiger partial charge in [0.2, 0.25) is 0 Å². The van der Waals surface area contributed by atoms with Gasteiger partial charge in [0.1, 0.15) is 5.82 Å². The van der Waals surface area contributed by atoms with E-state index in [9.17, 15) is 4.79 Å². The normalized spacial score (nSPS) is 17.0. The Kier molecular flexibility index (Phi) is 6.82. The molecule has 2 aromatic rings. The summed E-state index contributed by atoms with van der Waals surface area (Å²) in [7, 11) is 0. The number of nitrogens with zero attached hydrogens (tertiary/aromatic N) is 2. The lowest BCUT2D eigenvalue weighted by Gasteiger charge is -2.32. The fourth-order valence-electron chi connectivity index (χ4n) is 4.05. The molecule has 0 spiro atoms. The summed E-state index contributed by atoms with van der Waals surface area (Å²) in [6, 6.07) is 12.8. The van der Waals surface area contributed by atoms with Crippen LogP contribution < -0.4 is 16.8 Å². The van der Waals surface area contributed by atoms with Gasteiger partial charge in [-0.05, 0) is 60.4 Å². The third-order valence-electron chi connectivity index (χ3n) is 5.83. The number of amides is 1. The fourth-order valence-corrected chi connectivity index (χ4v) is 4.42. The minimum atomic E-state index is 0.0737. The Labute approximate surface area is 198 Å². The Balaban J connectivity index is 1.54. The van der Waals surface area contributed by atoms with E-state index in [2.05, 4.69) is 10.2 Å². The highest BCUT2D eigenvalue weighted by Gasteiger charge is 2.20. The number of benzene rings is 2. The van der Waals surface area contributed by atoms with Crippen LogP contribution in [0.3, 0.4) is 0 Å². The zero-order chi connectivity index (χ0) is 22.7. The van der Waals surface area contributed by atoms with E-state index in [1.54, 1.807) is 12.1 Å². The van der Waals surface area contributed by atoms with Crippen molar-refractivity contribution in [1.29, 1.82) is 0 Å². The van der Waals surface area contributed by atoms with Crippen LogP contribution in [-0.4, -0.2) is 41.9 Å². The van der Waals surface area contributed by atoms with Gasteiger partial charge in [0, 0.05) is 54.0 Å². The van der Waals surface area contributed by atoms with E-state index in [0.717, 1.165) is 49.3 Å². The summed E-state index contributed by atoms with van der Waals surface area (Å²) in [5.74, 6) is 0.628. The monoisotopic (exact) mass is 471 g/mol. The van der Waals surface area contributed by atoms with Crippen LogP contribution in [-0.2, 0) is 6.54 Å². The molecular weight excluding hydrogens is 445 g/mol. The summed E-state index contributed by atoms with van der Waals surface area (Å²) in [4.78, 5) is 16.6. The maximum Gasteiger partial charge on any atom is 0.253 e. The first-order valence-electron chi connectivity index (χ1n) is 10.7. The lowest BCUT2D eigenvalue weighted by molar-refractivity contribution is 0.0793. The second-order valence-electron chi connectivity index (χ2n) is 8.06. The summed E-state index contributed by atoms with van der Waals surface area (Å²) in [6.45, 7) is 3.68. The van der Waals surface area contributed by atoms with Gasteiger partial charge in [0.15, 0.2) is 0 Å². The number of nitrogens with one attached hydrogen (secondary N) is 1. The number of likely N-dealkylation sites (tertiary alicyclic amines) is 1. The second kappa shape index (κ2) is 9.76. The van der Waals surface area contributed by atoms with Crippen molar-refractivity contribution < 1.29 is 4.79 Å². The first kappa shape index (κ1) is 22.4. The van der Waals surface area contributed by atoms with Crippen LogP contribution in [0.1, 0.15) is 34.3 Å². The zero-order valence-corrected chi connectivity index (χ0v) is 19.3. The largest absolute Gasteiger partial charge is 0.398 e. The van der Waals surface area contributed by atoms with Crippen molar-refractivity contribution in [1.82, 2.24) is 15.1 Å². The van der Waals surface area contributed by atoms with Gasteiger partial charge < -0.3 is 26.6 Å². The predicted molar refractivity (Wildman–Crippen MR) is 130 cm³/mol. The molecule has 32 heavy (non-hydrogen) atoms. The first-order valence-corrected chi connectivity index (χ1v) is 11.5. The number of hydrogen-bond acceptors (Lipinski definition) is 5. The van der Waals surface area contributed by atoms with Crippen molar-refractivity contribution >= 4 is 34.8 Å². The molecule has 0 aromatic heterocycles. The van der Waals surface area contributed by atoms with E-state index in [0.29, 0.717) is 40.2 Å². The van der Waals surface area contributed by atoms with E-state index in [4.69, 9.17) is 34.7 Å². The van der Waals surface area contributed by atoms with Gasteiger partial charge in [-0.15, -0.1) is 0 Å². The third kappa shape index (κ3) is 4.97. The topological polar surface area (TPSA) is 87.6 Å². The molecule has 0 radical (unpaired) electrons. The second-order valence-corrected chi connectivity index (χ2v) is 8.90. The van der Waals surface area contributed by atoms with Crippen molar-refractivity contribution in [3.8, 4) is 0 Å². The smallest absolute Gasteiger partial charge is 0.253 e. The van der Waals surface area contributed by atoms with E-state index >= 15 is 0 Å². The van der Waals surface area contributed by atoms with Gasteiger partial charge in [0.25, 0.3) is 5.91 Å².